The van der Waals surface area contributed by atoms with E-state index in [0.717, 1.165) is 15.6 Å². The highest BCUT2D eigenvalue weighted by Crippen LogP contribution is 2.25. The minimum atomic E-state index is -0.231. The number of hydrogen-bond donors (Lipinski definition) is 2. The first-order chi connectivity index (χ1) is 9.95. The van der Waals surface area contributed by atoms with Crippen LogP contribution in [-0.4, -0.2) is 12.5 Å². The molecule has 0 spiro atoms. The molecule has 2 rings (SSSR count). The fourth-order valence-electron chi connectivity index (χ4n) is 1.78. The molecular formula is C16H17BrN2O2. The molecule has 110 valence electrons. The van der Waals surface area contributed by atoms with Crippen LogP contribution in [0, 0.1) is 13.8 Å². The normalized spacial score (nSPS) is 10.2. The molecule has 0 aliphatic rings. The molecule has 0 aromatic heterocycles. The van der Waals surface area contributed by atoms with Crippen LogP contribution in [0.25, 0.3) is 0 Å². The average Bonchev–Trinajstić information content (AvgIpc) is 2.42. The lowest BCUT2D eigenvalue weighted by Crippen LogP contribution is -2.20. The number of nitrogens with two attached hydrogens (primary N) is 1. The molecule has 0 saturated heterocycles. The van der Waals surface area contributed by atoms with Crippen LogP contribution in [0.5, 0.6) is 5.75 Å². The Labute approximate surface area is 132 Å². The van der Waals surface area contributed by atoms with Crippen molar-refractivity contribution in [1.82, 2.24) is 0 Å². The van der Waals surface area contributed by atoms with Gasteiger partial charge >= 0.3 is 0 Å². The van der Waals surface area contributed by atoms with Gasteiger partial charge in [0.15, 0.2) is 6.61 Å². The Bertz CT molecular complexity index is 671. The number of benzene rings is 2. The van der Waals surface area contributed by atoms with Gasteiger partial charge in [0.05, 0.1) is 4.47 Å². The maximum Gasteiger partial charge on any atom is 0.262 e. The van der Waals surface area contributed by atoms with Crippen LogP contribution in [0.15, 0.2) is 40.9 Å². The number of ether oxygens (including phenoxy) is 1. The van der Waals surface area contributed by atoms with Crippen LogP contribution in [0.1, 0.15) is 11.1 Å². The van der Waals surface area contributed by atoms with Crippen molar-refractivity contribution >= 4 is 33.2 Å². The largest absolute Gasteiger partial charge is 0.483 e. The Hall–Kier alpha value is -2.01. The quantitative estimate of drug-likeness (QED) is 0.828. The van der Waals surface area contributed by atoms with Gasteiger partial charge < -0.3 is 15.8 Å². The summed E-state index contributed by atoms with van der Waals surface area (Å²) < 4.78 is 6.32. The molecule has 0 aliphatic heterocycles. The van der Waals surface area contributed by atoms with Gasteiger partial charge in [-0.25, -0.2) is 0 Å². The summed E-state index contributed by atoms with van der Waals surface area (Å²) in [7, 11) is 0. The summed E-state index contributed by atoms with van der Waals surface area (Å²) in [4.78, 5) is 11.9. The molecule has 0 fully saturated rings. The molecule has 1 amide bonds. The molecule has 21 heavy (non-hydrogen) atoms. The van der Waals surface area contributed by atoms with Crippen molar-refractivity contribution < 1.29 is 9.53 Å². The number of nitrogen functional groups attached to an aromatic ring is 1. The Morgan fingerprint density at radius 3 is 2.67 bits per heavy atom. The Morgan fingerprint density at radius 2 is 2.00 bits per heavy atom. The van der Waals surface area contributed by atoms with Gasteiger partial charge in [-0.1, -0.05) is 12.1 Å². The van der Waals surface area contributed by atoms with Crippen molar-refractivity contribution in [2.75, 3.05) is 17.7 Å². The van der Waals surface area contributed by atoms with Gasteiger partial charge in [-0.15, -0.1) is 0 Å². The molecule has 0 bridgehead atoms. The third-order valence-corrected chi connectivity index (χ3v) is 3.63. The number of amides is 1. The molecule has 0 aliphatic carbocycles. The predicted molar refractivity (Wildman–Crippen MR) is 88.6 cm³/mol. The van der Waals surface area contributed by atoms with Crippen LogP contribution < -0.4 is 15.8 Å². The highest BCUT2D eigenvalue weighted by Gasteiger charge is 2.07. The van der Waals surface area contributed by atoms with Crippen LogP contribution in [0.2, 0.25) is 0 Å². The third-order valence-electron chi connectivity index (χ3n) is 3.01. The number of hydrogen-bond acceptors (Lipinski definition) is 3. The molecule has 5 heteroatoms. The maximum atomic E-state index is 11.9. The van der Waals surface area contributed by atoms with E-state index in [1.54, 1.807) is 6.07 Å². The Kier molecular flexibility index (Phi) is 4.85. The van der Waals surface area contributed by atoms with E-state index in [0.29, 0.717) is 17.1 Å². The molecule has 0 saturated carbocycles. The van der Waals surface area contributed by atoms with Gasteiger partial charge in [0, 0.05) is 11.4 Å². The van der Waals surface area contributed by atoms with Gasteiger partial charge in [0.2, 0.25) is 0 Å². The van der Waals surface area contributed by atoms with Crippen molar-refractivity contribution in [2.24, 2.45) is 0 Å². The Morgan fingerprint density at radius 1 is 1.24 bits per heavy atom. The highest BCUT2D eigenvalue weighted by atomic mass is 79.9. The van der Waals surface area contributed by atoms with E-state index in [1.807, 2.05) is 44.2 Å². The van der Waals surface area contributed by atoms with Crippen LogP contribution >= 0.6 is 15.9 Å². The zero-order valence-electron chi connectivity index (χ0n) is 11.9. The molecule has 0 unspecified atom stereocenters. The van der Waals surface area contributed by atoms with Crippen LogP contribution in [-0.2, 0) is 4.79 Å². The average molecular weight is 349 g/mol. The molecule has 0 heterocycles. The molecule has 2 aromatic carbocycles. The van der Waals surface area contributed by atoms with E-state index in [4.69, 9.17) is 10.5 Å². The highest BCUT2D eigenvalue weighted by molar-refractivity contribution is 9.10. The first-order valence-electron chi connectivity index (χ1n) is 6.50. The first kappa shape index (κ1) is 15.4. The summed E-state index contributed by atoms with van der Waals surface area (Å²) >= 11 is 3.41. The second-order valence-corrected chi connectivity index (χ2v) is 5.70. The minimum absolute atomic E-state index is 0.0601. The van der Waals surface area contributed by atoms with Gasteiger partial charge in [0.1, 0.15) is 5.75 Å². The van der Waals surface area contributed by atoms with E-state index in [2.05, 4.69) is 21.2 Å². The van der Waals surface area contributed by atoms with Gasteiger partial charge in [-0.2, -0.15) is 0 Å². The standard InChI is InChI=1S/C16H17BrN2O2/c1-10-3-6-15(13(17)7-10)21-9-16(20)19-12-5-4-11(2)14(18)8-12/h3-8H,9,18H2,1-2H3,(H,19,20). The van der Waals surface area contributed by atoms with Crippen LogP contribution in [0.4, 0.5) is 11.4 Å². The second-order valence-electron chi connectivity index (χ2n) is 4.84. The zero-order chi connectivity index (χ0) is 15.4. The van der Waals surface area contributed by atoms with E-state index >= 15 is 0 Å². The number of anilines is 2. The SMILES string of the molecule is Cc1ccc(OCC(=O)Nc2ccc(C)c(N)c2)c(Br)c1. The lowest BCUT2D eigenvalue weighted by molar-refractivity contribution is -0.118. The second kappa shape index (κ2) is 6.63. The predicted octanol–water partition coefficient (Wildman–Crippen LogP) is 3.67. The molecule has 2 aromatic rings. The summed E-state index contributed by atoms with van der Waals surface area (Å²) in [5.74, 6) is 0.407. The fraction of sp³-hybridized carbons (Fsp3) is 0.188. The molecule has 0 radical (unpaired) electrons. The third kappa shape index (κ3) is 4.23. The van der Waals surface area contributed by atoms with E-state index in [9.17, 15) is 4.79 Å². The topological polar surface area (TPSA) is 64.3 Å². The number of rotatable bonds is 4. The summed E-state index contributed by atoms with van der Waals surface area (Å²) in [5, 5.41) is 2.75. The molecule has 4 nitrogen and oxygen atoms in total. The summed E-state index contributed by atoms with van der Waals surface area (Å²) in [6.45, 7) is 3.84. The molecule has 0 atom stereocenters. The van der Waals surface area contributed by atoms with E-state index in [-0.39, 0.29) is 12.5 Å². The Balaban J connectivity index is 1.94. The number of nitrogens with one attached hydrogen (secondary N) is 1. The van der Waals surface area contributed by atoms with Gasteiger partial charge in [-0.3, -0.25) is 4.79 Å². The summed E-state index contributed by atoms with van der Waals surface area (Å²) in [6, 6.07) is 11.1. The molecule has 3 N–H and O–H groups in total. The van der Waals surface area contributed by atoms with Crippen LogP contribution in [0.3, 0.4) is 0 Å². The number of carbonyl (C=O) groups is 1. The fourth-order valence-corrected chi connectivity index (χ4v) is 2.39. The maximum absolute atomic E-state index is 11.9. The zero-order valence-corrected chi connectivity index (χ0v) is 13.5. The van der Waals surface area contributed by atoms with Crippen molar-refractivity contribution in [3.8, 4) is 5.75 Å². The van der Waals surface area contributed by atoms with E-state index < -0.39 is 0 Å². The number of aryl methyl sites for hydroxylation is 2. The van der Waals surface area contributed by atoms with E-state index in [1.165, 1.54) is 0 Å². The smallest absolute Gasteiger partial charge is 0.262 e. The number of carbonyl (C=O) groups excluding carboxylic acids is 1. The van der Waals surface area contributed by atoms with Crippen molar-refractivity contribution in [1.29, 1.82) is 0 Å². The monoisotopic (exact) mass is 348 g/mol. The van der Waals surface area contributed by atoms with Crippen molar-refractivity contribution in [3.05, 3.63) is 52.0 Å². The van der Waals surface area contributed by atoms with Gasteiger partial charge in [-0.05, 0) is 65.2 Å². The van der Waals surface area contributed by atoms with Crippen molar-refractivity contribution in [2.45, 2.75) is 13.8 Å². The summed E-state index contributed by atoms with van der Waals surface area (Å²) in [6.07, 6.45) is 0. The lowest BCUT2D eigenvalue weighted by Gasteiger charge is -2.10. The number of halogens is 1. The minimum Gasteiger partial charge on any atom is -0.483 e. The lowest BCUT2D eigenvalue weighted by atomic mass is 10.2. The first-order valence-corrected chi connectivity index (χ1v) is 7.30. The van der Waals surface area contributed by atoms with Gasteiger partial charge in [0.25, 0.3) is 5.91 Å². The summed E-state index contributed by atoms with van der Waals surface area (Å²) in [5.41, 5.74) is 9.22. The molecular weight excluding hydrogens is 332 g/mol. The van der Waals surface area contributed by atoms with Crippen molar-refractivity contribution in [3.63, 3.8) is 0 Å².